The van der Waals surface area contributed by atoms with Crippen molar-refractivity contribution >= 4 is 5.91 Å². The lowest BCUT2D eigenvalue weighted by molar-refractivity contribution is 0.0944. The van der Waals surface area contributed by atoms with E-state index in [0.717, 1.165) is 5.56 Å². The van der Waals surface area contributed by atoms with E-state index in [9.17, 15) is 4.79 Å². The molecule has 0 bridgehead atoms. The van der Waals surface area contributed by atoms with Crippen molar-refractivity contribution in [3.63, 3.8) is 0 Å². The predicted molar refractivity (Wildman–Crippen MR) is 79.1 cm³/mol. The van der Waals surface area contributed by atoms with Crippen molar-refractivity contribution in [1.82, 2.24) is 15.5 Å². The SMILES string of the molecule is Cc1cc(C(=O)NCc2nc(-c3ccccc3)no2)c(C)o1. The van der Waals surface area contributed by atoms with E-state index in [1.54, 1.807) is 19.9 Å². The molecular formula is C16H15N3O3. The number of nitrogens with one attached hydrogen (secondary N) is 1. The number of benzene rings is 1. The molecule has 22 heavy (non-hydrogen) atoms. The number of carbonyl (C=O) groups excluding carboxylic acids is 1. The fraction of sp³-hybridized carbons (Fsp3) is 0.188. The van der Waals surface area contributed by atoms with Gasteiger partial charge in [-0.05, 0) is 19.9 Å². The summed E-state index contributed by atoms with van der Waals surface area (Å²) in [6, 6.07) is 11.2. The molecule has 1 amide bonds. The van der Waals surface area contributed by atoms with Gasteiger partial charge in [0.15, 0.2) is 0 Å². The maximum absolute atomic E-state index is 12.1. The van der Waals surface area contributed by atoms with Gasteiger partial charge < -0.3 is 14.3 Å². The highest BCUT2D eigenvalue weighted by Crippen LogP contribution is 2.15. The van der Waals surface area contributed by atoms with E-state index >= 15 is 0 Å². The number of aromatic nitrogens is 2. The first-order valence-electron chi connectivity index (χ1n) is 6.87. The number of nitrogens with zero attached hydrogens (tertiary/aromatic N) is 2. The standard InChI is InChI=1S/C16H15N3O3/c1-10-8-13(11(2)21-10)16(20)17-9-14-18-15(19-22-14)12-6-4-3-5-7-12/h3-8H,9H2,1-2H3,(H,17,20). The van der Waals surface area contributed by atoms with Crippen LogP contribution in [0.5, 0.6) is 0 Å². The highest BCUT2D eigenvalue weighted by molar-refractivity contribution is 5.95. The van der Waals surface area contributed by atoms with Gasteiger partial charge in [0.25, 0.3) is 5.91 Å². The first kappa shape index (κ1) is 14.1. The van der Waals surface area contributed by atoms with Gasteiger partial charge in [0, 0.05) is 5.56 Å². The van der Waals surface area contributed by atoms with Crippen molar-refractivity contribution in [3.05, 3.63) is 59.4 Å². The molecule has 1 aromatic carbocycles. The molecule has 0 aliphatic rings. The van der Waals surface area contributed by atoms with Gasteiger partial charge in [-0.15, -0.1) is 0 Å². The van der Waals surface area contributed by atoms with Crippen LogP contribution in [-0.2, 0) is 6.54 Å². The highest BCUT2D eigenvalue weighted by atomic mass is 16.5. The Bertz CT molecular complexity index is 790. The first-order valence-corrected chi connectivity index (χ1v) is 6.87. The molecule has 0 saturated carbocycles. The average molecular weight is 297 g/mol. The van der Waals surface area contributed by atoms with E-state index in [2.05, 4.69) is 15.5 Å². The molecule has 0 saturated heterocycles. The minimum absolute atomic E-state index is 0.169. The molecule has 112 valence electrons. The predicted octanol–water partition coefficient (Wildman–Crippen LogP) is 2.88. The Hall–Kier alpha value is -2.89. The van der Waals surface area contributed by atoms with Gasteiger partial charge in [-0.25, -0.2) is 0 Å². The van der Waals surface area contributed by atoms with Crippen LogP contribution in [0.4, 0.5) is 0 Å². The normalized spacial score (nSPS) is 10.6. The highest BCUT2D eigenvalue weighted by Gasteiger charge is 2.15. The Morgan fingerprint density at radius 1 is 1.23 bits per heavy atom. The molecule has 3 aromatic rings. The Kier molecular flexibility index (Phi) is 3.74. The summed E-state index contributed by atoms with van der Waals surface area (Å²) in [5, 5.41) is 6.64. The van der Waals surface area contributed by atoms with E-state index in [4.69, 9.17) is 8.94 Å². The summed E-state index contributed by atoms with van der Waals surface area (Å²) in [5.74, 6) is 1.91. The summed E-state index contributed by atoms with van der Waals surface area (Å²) in [7, 11) is 0. The second kappa shape index (κ2) is 5.85. The van der Waals surface area contributed by atoms with E-state index < -0.39 is 0 Å². The van der Waals surface area contributed by atoms with Crippen molar-refractivity contribution in [2.75, 3.05) is 0 Å². The fourth-order valence-electron chi connectivity index (χ4n) is 2.14. The maximum atomic E-state index is 12.1. The quantitative estimate of drug-likeness (QED) is 0.800. The number of carbonyl (C=O) groups is 1. The Balaban J connectivity index is 1.66. The van der Waals surface area contributed by atoms with E-state index in [-0.39, 0.29) is 12.5 Å². The Labute approximate surface area is 127 Å². The summed E-state index contributed by atoms with van der Waals surface area (Å²) >= 11 is 0. The van der Waals surface area contributed by atoms with Gasteiger partial charge in [-0.3, -0.25) is 4.79 Å². The van der Waals surface area contributed by atoms with Crippen LogP contribution in [0.15, 0.2) is 45.3 Å². The van der Waals surface area contributed by atoms with Crippen LogP contribution in [0, 0.1) is 13.8 Å². The molecular weight excluding hydrogens is 282 g/mol. The van der Waals surface area contributed by atoms with Crippen molar-refractivity contribution in [3.8, 4) is 11.4 Å². The van der Waals surface area contributed by atoms with Crippen molar-refractivity contribution in [2.24, 2.45) is 0 Å². The number of rotatable bonds is 4. The van der Waals surface area contributed by atoms with E-state index in [1.165, 1.54) is 0 Å². The van der Waals surface area contributed by atoms with Gasteiger partial charge >= 0.3 is 0 Å². The zero-order valence-electron chi connectivity index (χ0n) is 12.3. The number of amides is 1. The molecule has 0 spiro atoms. The molecule has 2 heterocycles. The number of aryl methyl sites for hydroxylation is 2. The fourth-order valence-corrected chi connectivity index (χ4v) is 2.14. The minimum atomic E-state index is -0.228. The van der Waals surface area contributed by atoms with Crippen LogP contribution < -0.4 is 5.32 Å². The van der Waals surface area contributed by atoms with Crippen LogP contribution in [0.1, 0.15) is 27.8 Å². The second-order valence-corrected chi connectivity index (χ2v) is 4.89. The monoisotopic (exact) mass is 297 g/mol. The summed E-state index contributed by atoms with van der Waals surface area (Å²) in [6.45, 7) is 3.72. The molecule has 0 unspecified atom stereocenters. The van der Waals surface area contributed by atoms with Crippen molar-refractivity contribution < 1.29 is 13.7 Å². The lowest BCUT2D eigenvalue weighted by Gasteiger charge is -2.00. The number of hydrogen-bond donors (Lipinski definition) is 1. The molecule has 0 fully saturated rings. The van der Waals surface area contributed by atoms with Crippen LogP contribution >= 0.6 is 0 Å². The van der Waals surface area contributed by atoms with Crippen LogP contribution in [0.3, 0.4) is 0 Å². The maximum Gasteiger partial charge on any atom is 0.255 e. The lowest BCUT2D eigenvalue weighted by Crippen LogP contribution is -2.23. The molecule has 0 radical (unpaired) electrons. The van der Waals surface area contributed by atoms with Crippen molar-refractivity contribution in [2.45, 2.75) is 20.4 Å². The van der Waals surface area contributed by atoms with Crippen LogP contribution in [0.25, 0.3) is 11.4 Å². The van der Waals surface area contributed by atoms with Crippen molar-refractivity contribution in [1.29, 1.82) is 0 Å². The molecule has 6 nitrogen and oxygen atoms in total. The molecule has 0 atom stereocenters. The van der Waals surface area contributed by atoms with Gasteiger partial charge in [-0.1, -0.05) is 35.5 Å². The average Bonchev–Trinajstić information content (AvgIpc) is 3.12. The summed E-state index contributed by atoms with van der Waals surface area (Å²) in [5.41, 5.74) is 1.38. The topological polar surface area (TPSA) is 81.2 Å². The smallest absolute Gasteiger partial charge is 0.255 e. The van der Waals surface area contributed by atoms with Crippen LogP contribution in [-0.4, -0.2) is 16.0 Å². The summed E-state index contributed by atoms with van der Waals surface area (Å²) in [4.78, 5) is 16.3. The number of furan rings is 1. The zero-order chi connectivity index (χ0) is 15.5. The third kappa shape index (κ3) is 2.90. The van der Waals surface area contributed by atoms with E-state index in [0.29, 0.717) is 28.8 Å². The van der Waals surface area contributed by atoms with Gasteiger partial charge in [0.1, 0.15) is 11.5 Å². The van der Waals surface area contributed by atoms with Crippen LogP contribution in [0.2, 0.25) is 0 Å². The third-order valence-corrected chi connectivity index (χ3v) is 3.19. The first-order chi connectivity index (χ1) is 10.6. The third-order valence-electron chi connectivity index (χ3n) is 3.19. The summed E-state index contributed by atoms with van der Waals surface area (Å²) < 4.78 is 10.5. The second-order valence-electron chi connectivity index (χ2n) is 4.89. The molecule has 0 aliphatic carbocycles. The largest absolute Gasteiger partial charge is 0.466 e. The zero-order valence-corrected chi connectivity index (χ0v) is 12.3. The molecule has 2 aromatic heterocycles. The Morgan fingerprint density at radius 3 is 2.68 bits per heavy atom. The molecule has 3 rings (SSSR count). The molecule has 6 heteroatoms. The van der Waals surface area contributed by atoms with Gasteiger partial charge in [0.05, 0.1) is 12.1 Å². The lowest BCUT2D eigenvalue weighted by atomic mass is 10.2. The van der Waals surface area contributed by atoms with E-state index in [1.807, 2.05) is 30.3 Å². The minimum Gasteiger partial charge on any atom is -0.466 e. The number of hydrogen-bond acceptors (Lipinski definition) is 5. The van der Waals surface area contributed by atoms with Gasteiger partial charge in [0.2, 0.25) is 11.7 Å². The van der Waals surface area contributed by atoms with Gasteiger partial charge in [-0.2, -0.15) is 4.98 Å². The summed E-state index contributed by atoms with van der Waals surface area (Å²) in [6.07, 6.45) is 0. The Morgan fingerprint density at radius 2 is 2.00 bits per heavy atom. The molecule has 1 N–H and O–H groups in total. The molecule has 0 aliphatic heterocycles.